The van der Waals surface area contributed by atoms with Crippen LogP contribution in [0.1, 0.15) is 47.6 Å². The first-order chi connectivity index (χ1) is 13.8. The first kappa shape index (κ1) is 18.4. The number of nitrogens with zero attached hydrogens (tertiary/aromatic N) is 1. The maximum Gasteiger partial charge on any atom is 0.249 e. The SMILES string of the molecule is CCCCc1c(CCc2ccccc2)cc2n[nH][nH+]c2c1Cc1ccccc1. The summed E-state index contributed by atoms with van der Waals surface area (Å²) >= 11 is 0. The Hall–Kier alpha value is -2.94. The second-order valence-corrected chi connectivity index (χ2v) is 7.49. The van der Waals surface area contributed by atoms with Crippen molar-refractivity contribution >= 4 is 11.0 Å². The lowest BCUT2D eigenvalue weighted by atomic mass is 9.88. The molecule has 0 aliphatic rings. The molecule has 0 atom stereocenters. The number of benzene rings is 3. The normalized spacial score (nSPS) is 11.2. The van der Waals surface area contributed by atoms with Crippen molar-refractivity contribution in [3.63, 3.8) is 0 Å². The molecule has 28 heavy (non-hydrogen) atoms. The Kier molecular flexibility index (Phi) is 5.81. The fourth-order valence-electron chi connectivity index (χ4n) is 4.00. The molecule has 142 valence electrons. The summed E-state index contributed by atoms with van der Waals surface area (Å²) in [4.78, 5) is 0. The lowest BCUT2D eigenvalue weighted by Gasteiger charge is -2.15. The summed E-state index contributed by atoms with van der Waals surface area (Å²) in [6.07, 6.45) is 6.58. The third kappa shape index (κ3) is 4.14. The molecule has 0 fully saturated rings. The fourth-order valence-corrected chi connectivity index (χ4v) is 4.00. The van der Waals surface area contributed by atoms with E-state index in [1.165, 1.54) is 40.7 Å². The average molecular weight is 371 g/mol. The van der Waals surface area contributed by atoms with E-state index >= 15 is 0 Å². The van der Waals surface area contributed by atoms with E-state index in [9.17, 15) is 0 Å². The summed E-state index contributed by atoms with van der Waals surface area (Å²) < 4.78 is 0. The molecule has 0 radical (unpaired) electrons. The largest absolute Gasteiger partial charge is 0.249 e. The third-order valence-electron chi connectivity index (χ3n) is 5.51. The highest BCUT2D eigenvalue weighted by Gasteiger charge is 2.20. The minimum absolute atomic E-state index is 0.936. The van der Waals surface area contributed by atoms with Crippen molar-refractivity contribution in [1.29, 1.82) is 0 Å². The van der Waals surface area contributed by atoms with E-state index in [0.717, 1.165) is 36.7 Å². The maximum absolute atomic E-state index is 4.48. The van der Waals surface area contributed by atoms with Crippen molar-refractivity contribution < 1.29 is 5.10 Å². The Morgan fingerprint density at radius 3 is 2.25 bits per heavy atom. The summed E-state index contributed by atoms with van der Waals surface area (Å²) in [5.41, 5.74) is 9.27. The van der Waals surface area contributed by atoms with E-state index in [1.807, 2.05) is 0 Å². The molecule has 0 saturated heterocycles. The second-order valence-electron chi connectivity index (χ2n) is 7.49. The molecule has 0 spiro atoms. The number of aromatic amines is 2. The topological polar surface area (TPSA) is 42.8 Å². The van der Waals surface area contributed by atoms with Crippen LogP contribution in [0.25, 0.3) is 11.0 Å². The highest BCUT2D eigenvalue weighted by Crippen LogP contribution is 2.27. The van der Waals surface area contributed by atoms with Gasteiger partial charge >= 0.3 is 0 Å². The van der Waals surface area contributed by atoms with Crippen LogP contribution in [0.4, 0.5) is 0 Å². The van der Waals surface area contributed by atoms with Crippen LogP contribution in [0.15, 0.2) is 66.7 Å². The molecule has 0 aliphatic carbocycles. The van der Waals surface area contributed by atoms with Crippen molar-refractivity contribution in [1.82, 2.24) is 10.3 Å². The predicted molar refractivity (Wildman–Crippen MR) is 114 cm³/mol. The van der Waals surface area contributed by atoms with Crippen molar-refractivity contribution in [2.75, 3.05) is 0 Å². The van der Waals surface area contributed by atoms with Gasteiger partial charge in [0.15, 0.2) is 0 Å². The van der Waals surface area contributed by atoms with Gasteiger partial charge in [0.25, 0.3) is 0 Å². The molecule has 0 amide bonds. The van der Waals surface area contributed by atoms with E-state index in [0.29, 0.717) is 0 Å². The van der Waals surface area contributed by atoms with Crippen LogP contribution in [-0.2, 0) is 25.7 Å². The van der Waals surface area contributed by atoms with Gasteiger partial charge in [0, 0.05) is 17.1 Å². The standard InChI is InChI=1S/C25H27N3/c1-2-3-14-22-21(16-15-19-10-6-4-7-11-19)18-24-25(27-28-26-24)23(22)17-20-12-8-5-9-13-20/h4-13,18H,2-3,14-17H2,1H3,(H,26,27,28)/p+1. The van der Waals surface area contributed by atoms with Crippen LogP contribution < -0.4 is 5.10 Å². The zero-order chi connectivity index (χ0) is 19.2. The van der Waals surface area contributed by atoms with Crippen molar-refractivity contribution in [2.24, 2.45) is 0 Å². The summed E-state index contributed by atoms with van der Waals surface area (Å²) in [5, 5.41) is 10.7. The van der Waals surface area contributed by atoms with E-state index in [4.69, 9.17) is 0 Å². The van der Waals surface area contributed by atoms with Crippen LogP contribution >= 0.6 is 0 Å². The van der Waals surface area contributed by atoms with Gasteiger partial charge in [-0.3, -0.25) is 0 Å². The summed E-state index contributed by atoms with van der Waals surface area (Å²) in [6, 6.07) is 23.8. The highest BCUT2D eigenvalue weighted by atomic mass is 15.3. The number of hydrogen-bond donors (Lipinski definition) is 1. The van der Waals surface area contributed by atoms with E-state index < -0.39 is 0 Å². The number of H-pyrrole nitrogens is 2. The summed E-state index contributed by atoms with van der Waals surface area (Å²) in [5.74, 6) is 0. The van der Waals surface area contributed by atoms with Gasteiger partial charge in [-0.1, -0.05) is 79.2 Å². The van der Waals surface area contributed by atoms with Crippen molar-refractivity contribution in [2.45, 2.75) is 45.4 Å². The van der Waals surface area contributed by atoms with Gasteiger partial charge in [0.05, 0.1) is 0 Å². The Morgan fingerprint density at radius 2 is 1.54 bits per heavy atom. The van der Waals surface area contributed by atoms with Gasteiger partial charge in [0.1, 0.15) is 0 Å². The molecular formula is C25H28N3+. The molecule has 4 rings (SSSR count). The lowest BCUT2D eigenvalue weighted by molar-refractivity contribution is -0.427. The minimum atomic E-state index is 0.936. The predicted octanol–water partition coefficient (Wildman–Crippen LogP) is 5.10. The molecule has 0 unspecified atom stereocenters. The number of hydrogen-bond acceptors (Lipinski definition) is 1. The van der Waals surface area contributed by atoms with E-state index in [1.54, 1.807) is 0 Å². The summed E-state index contributed by atoms with van der Waals surface area (Å²) in [6.45, 7) is 2.27. The lowest BCUT2D eigenvalue weighted by Crippen LogP contribution is -2.10. The molecule has 1 aromatic heterocycles. The molecular weight excluding hydrogens is 342 g/mol. The molecule has 3 nitrogen and oxygen atoms in total. The Morgan fingerprint density at radius 1 is 0.821 bits per heavy atom. The molecule has 0 saturated carbocycles. The number of fused-ring (bicyclic) bond motifs is 1. The van der Waals surface area contributed by atoms with Gasteiger partial charge < -0.3 is 0 Å². The van der Waals surface area contributed by atoms with E-state index in [2.05, 4.69) is 89.1 Å². The summed E-state index contributed by atoms with van der Waals surface area (Å²) in [7, 11) is 0. The Balaban J connectivity index is 1.74. The number of aromatic nitrogens is 3. The van der Waals surface area contributed by atoms with Gasteiger partial charge in [-0.2, -0.15) is 5.10 Å². The van der Waals surface area contributed by atoms with E-state index in [-0.39, 0.29) is 0 Å². The number of unbranched alkanes of at least 4 members (excludes halogenated alkanes) is 1. The van der Waals surface area contributed by atoms with Gasteiger partial charge in [-0.15, -0.1) is 0 Å². The first-order valence-electron chi connectivity index (χ1n) is 10.3. The van der Waals surface area contributed by atoms with Crippen LogP contribution in [0, 0.1) is 0 Å². The quantitative estimate of drug-likeness (QED) is 0.461. The molecule has 3 aromatic carbocycles. The minimum Gasteiger partial charge on any atom is -0.168 e. The maximum atomic E-state index is 4.48. The zero-order valence-electron chi connectivity index (χ0n) is 16.5. The molecule has 3 heteroatoms. The Labute approximate surface area is 166 Å². The zero-order valence-corrected chi connectivity index (χ0v) is 16.5. The van der Waals surface area contributed by atoms with Crippen LogP contribution in [0.5, 0.6) is 0 Å². The van der Waals surface area contributed by atoms with Gasteiger partial charge in [-0.05, 0) is 54.0 Å². The molecule has 2 N–H and O–H groups in total. The first-order valence-corrected chi connectivity index (χ1v) is 10.3. The van der Waals surface area contributed by atoms with Gasteiger partial charge in [0.2, 0.25) is 11.0 Å². The van der Waals surface area contributed by atoms with Crippen LogP contribution in [0.2, 0.25) is 0 Å². The van der Waals surface area contributed by atoms with Gasteiger partial charge in [-0.25, -0.2) is 0 Å². The second kappa shape index (κ2) is 8.83. The third-order valence-corrected chi connectivity index (χ3v) is 5.51. The fraction of sp³-hybridized carbons (Fsp3) is 0.280. The molecule has 0 bridgehead atoms. The van der Waals surface area contributed by atoms with Crippen LogP contribution in [0.3, 0.4) is 0 Å². The smallest absolute Gasteiger partial charge is 0.168 e. The average Bonchev–Trinajstić information content (AvgIpc) is 3.21. The molecule has 0 aliphatic heterocycles. The van der Waals surface area contributed by atoms with Crippen molar-refractivity contribution in [3.05, 3.63) is 94.5 Å². The molecule has 1 heterocycles. The highest BCUT2D eigenvalue weighted by molar-refractivity contribution is 5.78. The number of nitrogens with one attached hydrogen (secondary N) is 2. The Bertz CT molecular complexity index is 1020. The molecule has 4 aromatic rings. The number of aryl methyl sites for hydroxylation is 2. The number of rotatable bonds is 8. The monoisotopic (exact) mass is 370 g/mol. The van der Waals surface area contributed by atoms with Crippen molar-refractivity contribution in [3.8, 4) is 0 Å². The van der Waals surface area contributed by atoms with Crippen LogP contribution in [-0.4, -0.2) is 10.3 Å².